The van der Waals surface area contributed by atoms with E-state index in [1.54, 1.807) is 7.85 Å². The lowest BCUT2D eigenvalue weighted by Gasteiger charge is -2.37. The maximum absolute atomic E-state index is 14.3. The Kier molecular flexibility index (Phi) is 6.07. The third-order valence-electron chi connectivity index (χ3n) is 5.59. The van der Waals surface area contributed by atoms with Gasteiger partial charge in [-0.15, -0.1) is 5.10 Å². The number of rotatable bonds is 4. The summed E-state index contributed by atoms with van der Waals surface area (Å²) >= 11 is 0. The topological polar surface area (TPSA) is 123 Å². The van der Waals surface area contributed by atoms with Crippen molar-refractivity contribution in [2.24, 2.45) is 16.0 Å². The van der Waals surface area contributed by atoms with E-state index in [2.05, 4.69) is 26.9 Å². The third kappa shape index (κ3) is 4.02. The number of fused-ring (bicyclic) bond motifs is 1. The van der Waals surface area contributed by atoms with Crippen LogP contribution in [0.5, 0.6) is 0 Å². The number of H-pyrrole nitrogens is 1. The fourth-order valence-electron chi connectivity index (χ4n) is 3.89. The number of aromatic amines is 1. The first-order chi connectivity index (χ1) is 16.0. The SMILES string of the molecule is Bc1ncc(F)c2c(C(=O)C(=O)N3CCN(/C(=N/N)N(N=C)c4ccccc4)CC3)c[nH]c12. The highest BCUT2D eigenvalue weighted by molar-refractivity contribution is 6.46. The van der Waals surface area contributed by atoms with Crippen LogP contribution in [0, 0.1) is 5.82 Å². The Morgan fingerprint density at radius 2 is 1.85 bits per heavy atom. The van der Waals surface area contributed by atoms with E-state index < -0.39 is 17.5 Å². The van der Waals surface area contributed by atoms with Crippen LogP contribution in [-0.4, -0.2) is 78.2 Å². The molecular weight excluding hydrogens is 426 g/mol. The molecule has 33 heavy (non-hydrogen) atoms. The zero-order valence-electron chi connectivity index (χ0n) is 18.0. The van der Waals surface area contributed by atoms with Crippen LogP contribution < -0.4 is 16.4 Å². The molecule has 1 saturated heterocycles. The monoisotopic (exact) mass is 448 g/mol. The average molecular weight is 448 g/mol. The van der Waals surface area contributed by atoms with Gasteiger partial charge in [0.05, 0.1) is 23.0 Å². The van der Waals surface area contributed by atoms with Gasteiger partial charge in [-0.25, -0.2) is 4.39 Å². The smallest absolute Gasteiger partial charge is 0.295 e. The number of anilines is 1. The van der Waals surface area contributed by atoms with E-state index in [0.717, 1.165) is 11.9 Å². The number of guanidine groups is 1. The zero-order chi connectivity index (χ0) is 23.5. The Bertz CT molecular complexity index is 1240. The molecule has 0 aliphatic carbocycles. The van der Waals surface area contributed by atoms with Crippen molar-refractivity contribution in [3.63, 3.8) is 0 Å². The summed E-state index contributed by atoms with van der Waals surface area (Å²) in [6.45, 7) is 4.87. The lowest BCUT2D eigenvalue weighted by molar-refractivity contribution is -0.127. The number of piperazine rings is 1. The summed E-state index contributed by atoms with van der Waals surface area (Å²) < 4.78 is 14.3. The van der Waals surface area contributed by atoms with Crippen LogP contribution in [0.2, 0.25) is 0 Å². The minimum atomic E-state index is -0.773. The molecule has 3 aromatic rings. The molecule has 1 aliphatic rings. The Morgan fingerprint density at radius 1 is 1.18 bits per heavy atom. The summed E-state index contributed by atoms with van der Waals surface area (Å²) in [6, 6.07) is 9.28. The molecule has 0 saturated carbocycles. The lowest BCUT2D eigenvalue weighted by atomic mass is 9.99. The molecule has 3 N–H and O–H groups in total. The van der Waals surface area contributed by atoms with Gasteiger partial charge in [0, 0.05) is 50.1 Å². The van der Waals surface area contributed by atoms with Crippen molar-refractivity contribution in [3.8, 4) is 0 Å². The minimum Gasteiger partial charge on any atom is -0.360 e. The van der Waals surface area contributed by atoms with Gasteiger partial charge in [-0.1, -0.05) is 18.2 Å². The number of nitrogens with two attached hydrogens (primary N) is 1. The molecule has 1 aromatic carbocycles. The van der Waals surface area contributed by atoms with E-state index in [1.165, 1.54) is 16.1 Å². The van der Waals surface area contributed by atoms with Crippen molar-refractivity contribution in [2.75, 3.05) is 31.2 Å². The molecule has 0 bridgehead atoms. The number of hydrogen-bond donors (Lipinski definition) is 2. The van der Waals surface area contributed by atoms with E-state index in [1.807, 2.05) is 35.2 Å². The number of amides is 1. The molecule has 1 aliphatic heterocycles. The number of nitrogens with zero attached hydrogens (tertiary/aromatic N) is 6. The second-order valence-corrected chi connectivity index (χ2v) is 7.47. The van der Waals surface area contributed by atoms with Crippen LogP contribution in [0.3, 0.4) is 0 Å². The predicted molar refractivity (Wildman–Crippen MR) is 127 cm³/mol. The molecule has 0 radical (unpaired) electrons. The van der Waals surface area contributed by atoms with Crippen LogP contribution in [0.15, 0.2) is 52.9 Å². The Morgan fingerprint density at radius 3 is 2.48 bits per heavy atom. The maximum Gasteiger partial charge on any atom is 0.295 e. The Balaban J connectivity index is 1.48. The van der Waals surface area contributed by atoms with Gasteiger partial charge in [0.15, 0.2) is 13.7 Å². The largest absolute Gasteiger partial charge is 0.360 e. The molecule has 4 rings (SSSR count). The molecular formula is C21H22BFN8O2. The second-order valence-electron chi connectivity index (χ2n) is 7.47. The summed E-state index contributed by atoms with van der Waals surface area (Å²) in [6.07, 6.45) is 2.40. The number of para-hydroxylation sites is 1. The molecule has 3 heterocycles. The number of nitrogens with one attached hydrogen (secondary N) is 1. The average Bonchev–Trinajstić information content (AvgIpc) is 3.31. The van der Waals surface area contributed by atoms with Gasteiger partial charge >= 0.3 is 0 Å². The first-order valence-corrected chi connectivity index (χ1v) is 10.3. The summed E-state index contributed by atoms with van der Waals surface area (Å²) in [5.41, 5.74) is 1.67. The van der Waals surface area contributed by atoms with Gasteiger partial charge < -0.3 is 20.6 Å². The number of hydrogen-bond acceptors (Lipinski definition) is 6. The van der Waals surface area contributed by atoms with Crippen LogP contribution in [0.25, 0.3) is 10.9 Å². The van der Waals surface area contributed by atoms with Crippen LogP contribution in [-0.2, 0) is 4.79 Å². The molecule has 1 fully saturated rings. The molecule has 10 nitrogen and oxygen atoms in total. The number of hydrazone groups is 2. The number of ketones is 1. The second kappa shape index (κ2) is 9.11. The number of benzene rings is 1. The van der Waals surface area contributed by atoms with Crippen molar-refractivity contribution in [3.05, 3.63) is 54.1 Å². The zero-order valence-corrected chi connectivity index (χ0v) is 18.0. The highest BCUT2D eigenvalue weighted by atomic mass is 19.1. The van der Waals surface area contributed by atoms with Crippen molar-refractivity contribution in [1.82, 2.24) is 19.8 Å². The fraction of sp³-hybridized carbons (Fsp3) is 0.190. The number of carbonyl (C=O) groups excluding carboxylic acids is 2. The van der Waals surface area contributed by atoms with Crippen LogP contribution >= 0.6 is 0 Å². The third-order valence-corrected chi connectivity index (χ3v) is 5.59. The van der Waals surface area contributed by atoms with Gasteiger partial charge in [-0.2, -0.15) is 10.1 Å². The van der Waals surface area contributed by atoms with Gasteiger partial charge in [0.2, 0.25) is 5.96 Å². The summed E-state index contributed by atoms with van der Waals surface area (Å²) in [5.74, 6) is 3.89. The Hall–Kier alpha value is -4.22. The molecule has 0 atom stereocenters. The lowest BCUT2D eigenvalue weighted by Crippen LogP contribution is -2.55. The van der Waals surface area contributed by atoms with Gasteiger partial charge in [-0.05, 0) is 12.1 Å². The first-order valence-electron chi connectivity index (χ1n) is 10.3. The number of carbonyl (C=O) groups is 2. The maximum atomic E-state index is 14.3. The highest BCUT2D eigenvalue weighted by Crippen LogP contribution is 2.21. The number of halogens is 1. The van der Waals surface area contributed by atoms with Gasteiger partial charge in [0.25, 0.3) is 11.7 Å². The van der Waals surface area contributed by atoms with E-state index in [4.69, 9.17) is 5.84 Å². The highest BCUT2D eigenvalue weighted by Gasteiger charge is 2.31. The van der Waals surface area contributed by atoms with E-state index >= 15 is 0 Å². The quantitative estimate of drug-likeness (QED) is 0.107. The van der Waals surface area contributed by atoms with E-state index in [-0.39, 0.29) is 24.0 Å². The number of Topliss-reactive ketones (excluding diaryl/α,β-unsaturated/α-hetero) is 1. The summed E-state index contributed by atoms with van der Waals surface area (Å²) in [7, 11) is 1.70. The van der Waals surface area contributed by atoms with Crippen molar-refractivity contribution < 1.29 is 14.0 Å². The molecule has 12 heteroatoms. The minimum absolute atomic E-state index is 0.00394. The number of aromatic nitrogens is 2. The van der Waals surface area contributed by atoms with Crippen LogP contribution in [0.4, 0.5) is 10.1 Å². The van der Waals surface area contributed by atoms with Gasteiger partial charge in [-0.3, -0.25) is 14.6 Å². The van der Waals surface area contributed by atoms with Crippen molar-refractivity contribution in [2.45, 2.75) is 0 Å². The molecule has 1 amide bonds. The van der Waals surface area contributed by atoms with Crippen molar-refractivity contribution >= 4 is 54.4 Å². The van der Waals surface area contributed by atoms with E-state index in [0.29, 0.717) is 30.2 Å². The van der Waals surface area contributed by atoms with Crippen molar-refractivity contribution in [1.29, 1.82) is 0 Å². The van der Waals surface area contributed by atoms with Gasteiger partial charge in [0.1, 0.15) is 0 Å². The first kappa shape index (κ1) is 22.0. The summed E-state index contributed by atoms with van der Waals surface area (Å²) in [4.78, 5) is 35.9. The normalized spacial score (nSPS) is 14.4. The fourth-order valence-corrected chi connectivity index (χ4v) is 3.89. The Labute approximate surface area is 190 Å². The predicted octanol–water partition coefficient (Wildman–Crippen LogP) is -0.361. The molecule has 168 valence electrons. The standard InChI is InChI=1S/C21H22BFN8O2/c1-25-31(13-5-3-2-4-6-13)21(28-24)30-9-7-29(8-10-30)20(33)18(32)14-11-26-17-16(14)15(23)12-27-19(17)22/h2-6,11-12,26H,1,7-10,22,24H2/b28-21-. The number of pyridine rings is 1. The van der Waals surface area contributed by atoms with Crippen LogP contribution in [0.1, 0.15) is 10.4 Å². The molecule has 2 aromatic heterocycles. The molecule has 0 unspecified atom stereocenters. The van der Waals surface area contributed by atoms with E-state index in [9.17, 15) is 14.0 Å². The summed E-state index contributed by atoms with van der Waals surface area (Å²) in [5, 5.41) is 9.47. The molecule has 0 spiro atoms.